The fourth-order valence-electron chi connectivity index (χ4n) is 3.05. The van der Waals surface area contributed by atoms with Gasteiger partial charge in [0.1, 0.15) is 35.5 Å². The fourth-order valence-corrected chi connectivity index (χ4v) is 3.31. The Morgan fingerprint density at radius 3 is 2.48 bits per heavy atom. The predicted octanol–water partition coefficient (Wildman–Crippen LogP) is 5.27. The number of amides is 1. The van der Waals surface area contributed by atoms with E-state index in [0.29, 0.717) is 29.4 Å². The summed E-state index contributed by atoms with van der Waals surface area (Å²) in [5, 5.41) is 12.4. The van der Waals surface area contributed by atoms with Gasteiger partial charge in [-0.2, -0.15) is 5.26 Å². The molecule has 3 rings (SSSR count). The number of ether oxygens (including phenoxy) is 3. The fraction of sp³-hybridized carbons (Fsp3) is 0.154. The molecule has 0 fully saturated rings. The molecule has 0 saturated heterocycles. The van der Waals surface area contributed by atoms with Crippen molar-refractivity contribution < 1.29 is 19.0 Å². The zero-order valence-corrected chi connectivity index (χ0v) is 19.9. The molecule has 1 N–H and O–H groups in total. The van der Waals surface area contributed by atoms with Gasteiger partial charge in [-0.3, -0.25) is 4.79 Å². The van der Waals surface area contributed by atoms with Gasteiger partial charge in [0.2, 0.25) is 0 Å². The highest BCUT2D eigenvalue weighted by Crippen LogP contribution is 2.25. The van der Waals surface area contributed by atoms with E-state index in [1.54, 1.807) is 44.6 Å². The maximum atomic E-state index is 12.7. The van der Waals surface area contributed by atoms with Gasteiger partial charge >= 0.3 is 0 Å². The van der Waals surface area contributed by atoms with Crippen LogP contribution in [0.25, 0.3) is 6.08 Å². The third-order valence-electron chi connectivity index (χ3n) is 4.83. The lowest BCUT2D eigenvalue weighted by atomic mass is 10.1. The van der Waals surface area contributed by atoms with Crippen LogP contribution < -0.4 is 19.5 Å². The average Bonchev–Trinajstić information content (AvgIpc) is 2.85. The highest BCUT2D eigenvalue weighted by molar-refractivity contribution is 9.10. The van der Waals surface area contributed by atoms with Crippen molar-refractivity contribution in [3.63, 3.8) is 0 Å². The molecule has 0 aliphatic carbocycles. The number of hydrogen-bond donors (Lipinski definition) is 1. The van der Waals surface area contributed by atoms with Crippen molar-refractivity contribution in [3.05, 3.63) is 93.5 Å². The highest BCUT2D eigenvalue weighted by Gasteiger charge is 2.13. The molecule has 0 unspecified atom stereocenters. The first-order chi connectivity index (χ1) is 16.0. The average molecular weight is 507 g/mol. The molecular formula is C26H23BrN2O4. The van der Waals surface area contributed by atoms with Gasteiger partial charge in [-0.25, -0.2) is 0 Å². The van der Waals surface area contributed by atoms with Crippen molar-refractivity contribution in [3.8, 4) is 23.3 Å². The maximum Gasteiger partial charge on any atom is 0.262 e. The summed E-state index contributed by atoms with van der Waals surface area (Å²) in [7, 11) is 3.12. The second-order valence-electron chi connectivity index (χ2n) is 6.98. The molecule has 168 valence electrons. The molecule has 0 spiro atoms. The molecule has 33 heavy (non-hydrogen) atoms. The van der Waals surface area contributed by atoms with Crippen LogP contribution in [0.1, 0.15) is 16.7 Å². The van der Waals surface area contributed by atoms with Crippen molar-refractivity contribution in [1.29, 1.82) is 5.26 Å². The Bertz CT molecular complexity index is 1180. The standard InChI is InChI=1S/C26H23BrN2O4/c1-31-23-12-9-20(25(14-23)32-2)16-29-26(30)21(15-28)13-19-5-3-4-6-24(19)33-17-18-7-10-22(27)11-8-18/h3-14H,16-17H2,1-2H3,(H,29,30)/b21-13+. The van der Waals surface area contributed by atoms with Crippen LogP contribution in [0.3, 0.4) is 0 Å². The zero-order chi connectivity index (χ0) is 23.6. The second-order valence-corrected chi connectivity index (χ2v) is 7.90. The van der Waals surface area contributed by atoms with Gasteiger partial charge in [-0.05, 0) is 42.0 Å². The van der Waals surface area contributed by atoms with Crippen LogP contribution in [-0.4, -0.2) is 20.1 Å². The van der Waals surface area contributed by atoms with E-state index in [1.807, 2.05) is 42.5 Å². The minimum Gasteiger partial charge on any atom is -0.497 e. The minimum atomic E-state index is -0.488. The summed E-state index contributed by atoms with van der Waals surface area (Å²) in [5.41, 5.74) is 2.39. The zero-order valence-electron chi connectivity index (χ0n) is 18.3. The Hall–Kier alpha value is -3.76. The van der Waals surface area contributed by atoms with Gasteiger partial charge in [0.15, 0.2) is 0 Å². The van der Waals surface area contributed by atoms with E-state index in [2.05, 4.69) is 21.2 Å². The number of methoxy groups -OCH3 is 2. The van der Waals surface area contributed by atoms with Gasteiger partial charge in [0, 0.05) is 28.2 Å². The van der Waals surface area contributed by atoms with Crippen LogP contribution in [0.15, 0.2) is 76.8 Å². The summed E-state index contributed by atoms with van der Waals surface area (Å²) in [6, 6.07) is 22.4. The summed E-state index contributed by atoms with van der Waals surface area (Å²) in [6.45, 7) is 0.566. The van der Waals surface area contributed by atoms with Crippen molar-refractivity contribution in [2.45, 2.75) is 13.2 Å². The van der Waals surface area contributed by atoms with E-state index < -0.39 is 5.91 Å². The van der Waals surface area contributed by atoms with E-state index >= 15 is 0 Å². The molecule has 0 atom stereocenters. The topological polar surface area (TPSA) is 80.6 Å². The first-order valence-electron chi connectivity index (χ1n) is 10.1. The lowest BCUT2D eigenvalue weighted by molar-refractivity contribution is -0.117. The molecule has 0 bridgehead atoms. The molecule has 3 aromatic rings. The Morgan fingerprint density at radius 2 is 1.79 bits per heavy atom. The van der Waals surface area contributed by atoms with E-state index in [9.17, 15) is 10.1 Å². The van der Waals surface area contributed by atoms with Crippen LogP contribution in [0.2, 0.25) is 0 Å². The highest BCUT2D eigenvalue weighted by atomic mass is 79.9. The Labute approximate surface area is 201 Å². The summed E-state index contributed by atoms with van der Waals surface area (Å²) < 4.78 is 17.5. The number of carbonyl (C=O) groups is 1. The van der Waals surface area contributed by atoms with Gasteiger partial charge < -0.3 is 19.5 Å². The van der Waals surface area contributed by atoms with Gasteiger partial charge in [0.05, 0.1) is 14.2 Å². The number of carbonyl (C=O) groups excluding carboxylic acids is 1. The number of rotatable bonds is 9. The molecular weight excluding hydrogens is 484 g/mol. The van der Waals surface area contributed by atoms with Gasteiger partial charge in [-0.1, -0.05) is 46.3 Å². The number of para-hydroxylation sites is 1. The molecule has 0 aliphatic rings. The molecule has 3 aromatic carbocycles. The van der Waals surface area contributed by atoms with E-state index in [1.165, 1.54) is 6.08 Å². The summed E-state index contributed by atoms with van der Waals surface area (Å²) in [4.78, 5) is 12.7. The van der Waals surface area contributed by atoms with Crippen LogP contribution in [-0.2, 0) is 17.9 Å². The smallest absolute Gasteiger partial charge is 0.262 e. The van der Waals surface area contributed by atoms with Crippen LogP contribution in [0, 0.1) is 11.3 Å². The molecule has 1 amide bonds. The van der Waals surface area contributed by atoms with E-state index in [4.69, 9.17) is 14.2 Å². The first kappa shape index (κ1) is 23.9. The van der Waals surface area contributed by atoms with E-state index in [-0.39, 0.29) is 12.1 Å². The maximum absolute atomic E-state index is 12.7. The number of hydrogen-bond acceptors (Lipinski definition) is 5. The number of nitrogens with zero attached hydrogens (tertiary/aromatic N) is 1. The first-order valence-corrected chi connectivity index (χ1v) is 10.9. The molecule has 0 heterocycles. The summed E-state index contributed by atoms with van der Waals surface area (Å²) in [5.74, 6) is 1.33. The predicted molar refractivity (Wildman–Crippen MR) is 130 cm³/mol. The monoisotopic (exact) mass is 506 g/mol. The molecule has 6 nitrogen and oxygen atoms in total. The number of halogens is 1. The Morgan fingerprint density at radius 1 is 1.03 bits per heavy atom. The van der Waals surface area contributed by atoms with Crippen LogP contribution in [0.5, 0.6) is 17.2 Å². The molecule has 7 heteroatoms. The van der Waals surface area contributed by atoms with Crippen molar-refractivity contribution >= 4 is 27.9 Å². The molecule has 0 aromatic heterocycles. The third kappa shape index (κ3) is 6.61. The summed E-state index contributed by atoms with van der Waals surface area (Å²) in [6.07, 6.45) is 1.53. The van der Waals surface area contributed by atoms with Gasteiger partial charge in [-0.15, -0.1) is 0 Å². The number of nitrogens with one attached hydrogen (secondary N) is 1. The number of nitriles is 1. The quantitative estimate of drug-likeness (QED) is 0.315. The summed E-state index contributed by atoms with van der Waals surface area (Å²) >= 11 is 3.41. The largest absolute Gasteiger partial charge is 0.497 e. The normalized spacial score (nSPS) is 10.8. The molecule has 0 radical (unpaired) electrons. The van der Waals surface area contributed by atoms with Crippen LogP contribution >= 0.6 is 15.9 Å². The molecule has 0 saturated carbocycles. The van der Waals surface area contributed by atoms with Crippen molar-refractivity contribution in [2.24, 2.45) is 0 Å². The lowest BCUT2D eigenvalue weighted by Crippen LogP contribution is -2.24. The van der Waals surface area contributed by atoms with E-state index in [0.717, 1.165) is 15.6 Å². The van der Waals surface area contributed by atoms with Crippen LogP contribution in [0.4, 0.5) is 0 Å². The lowest BCUT2D eigenvalue weighted by Gasteiger charge is -2.12. The van der Waals surface area contributed by atoms with Gasteiger partial charge in [0.25, 0.3) is 5.91 Å². The molecule has 0 aliphatic heterocycles. The minimum absolute atomic E-state index is 0.0258. The third-order valence-corrected chi connectivity index (χ3v) is 5.35. The Kier molecular flexibility index (Phi) is 8.50. The van der Waals surface area contributed by atoms with Crippen molar-refractivity contribution in [2.75, 3.05) is 14.2 Å². The Balaban J connectivity index is 1.72. The second kappa shape index (κ2) is 11.7. The van der Waals surface area contributed by atoms with Crippen molar-refractivity contribution in [1.82, 2.24) is 5.32 Å². The SMILES string of the molecule is COc1ccc(CNC(=O)/C(C#N)=C/c2ccccc2OCc2ccc(Br)cc2)c(OC)c1. The number of benzene rings is 3.